The van der Waals surface area contributed by atoms with Crippen molar-refractivity contribution < 1.29 is 15.5 Å². The molecule has 1 fully saturated rings. The van der Waals surface area contributed by atoms with Gasteiger partial charge < -0.3 is 15.5 Å². The van der Waals surface area contributed by atoms with Gasteiger partial charge in [0.1, 0.15) is 11.5 Å². The minimum absolute atomic E-state index is 0.0136. The number of unbranched alkanes of at least 4 members (excludes halogenated alkanes) is 2. The molecule has 0 bridgehead atoms. The normalized spacial score (nSPS) is 21.1. The van der Waals surface area contributed by atoms with E-state index in [2.05, 4.69) is 45.7 Å². The van der Waals surface area contributed by atoms with Crippen molar-refractivity contribution in [1.29, 1.82) is 0 Å². The Morgan fingerprint density at radius 2 is 1.76 bits per heavy atom. The highest BCUT2D eigenvalue weighted by atomic mass is 16.3. The molecule has 192 valence electrons. The monoisotopic (exact) mass is 470 g/mol. The van der Waals surface area contributed by atoms with Gasteiger partial charge in [0.05, 0.1) is 12.1 Å². The molecule has 2 aliphatic rings. The number of hydrogen-bond donors (Lipinski definition) is 3. The maximum Gasteiger partial charge on any atom is 0.126 e. The standard InChI is InChI=1S/C22H32O2.C9H19N/c1-6-7-8-9-17-13-20(23)21(22(24)16(17)5)19-12-15(4)10-11-18(19)14(2)3;1-8(2)10-9-6-4-3-5-7-9/h12-13,18-19,23-24H,2,6-11H2,1,3-5H3;8-10H,3-7H2,1-2H3/p+1/t18-,19+;/m0./s1. The minimum Gasteiger partial charge on any atom is -0.507 e. The second-order valence-electron chi connectivity index (χ2n) is 11.3. The van der Waals surface area contributed by atoms with E-state index in [1.54, 1.807) is 0 Å². The first-order valence-electron chi connectivity index (χ1n) is 13.9. The molecule has 0 aliphatic heterocycles. The van der Waals surface area contributed by atoms with E-state index in [1.807, 2.05) is 19.9 Å². The molecule has 1 saturated carbocycles. The van der Waals surface area contributed by atoms with Crippen LogP contribution in [0, 0.1) is 12.8 Å². The van der Waals surface area contributed by atoms with E-state index in [1.165, 1.54) is 50.5 Å². The van der Waals surface area contributed by atoms with Crippen LogP contribution in [0.5, 0.6) is 11.5 Å². The maximum atomic E-state index is 10.8. The highest BCUT2D eigenvalue weighted by Gasteiger charge is 2.31. The molecular formula is C31H52NO2+. The Kier molecular flexibility index (Phi) is 11.7. The molecule has 0 amide bonds. The van der Waals surface area contributed by atoms with E-state index in [4.69, 9.17) is 0 Å². The fourth-order valence-corrected chi connectivity index (χ4v) is 5.76. The van der Waals surface area contributed by atoms with Crippen LogP contribution in [0.1, 0.15) is 121 Å². The van der Waals surface area contributed by atoms with Gasteiger partial charge in [-0.1, -0.05) is 50.0 Å². The van der Waals surface area contributed by atoms with Crippen LogP contribution in [0.3, 0.4) is 0 Å². The van der Waals surface area contributed by atoms with Gasteiger partial charge in [-0.2, -0.15) is 0 Å². The lowest BCUT2D eigenvalue weighted by Crippen LogP contribution is -2.93. The average Bonchev–Trinajstić information content (AvgIpc) is 2.78. The van der Waals surface area contributed by atoms with Crippen LogP contribution in [0.4, 0.5) is 0 Å². The summed E-state index contributed by atoms with van der Waals surface area (Å²) in [7, 11) is 0. The van der Waals surface area contributed by atoms with Crippen LogP contribution in [0.2, 0.25) is 0 Å². The SMILES string of the molecule is C=C(C)[C@@H]1CCC(C)=C[C@H]1c1c(O)cc(CCCCC)c(C)c1O.CC(C)[NH2+]C1CCCCC1. The van der Waals surface area contributed by atoms with Gasteiger partial charge in [-0.05, 0) is 109 Å². The fourth-order valence-electron chi connectivity index (χ4n) is 5.76. The van der Waals surface area contributed by atoms with Gasteiger partial charge in [0, 0.05) is 11.5 Å². The van der Waals surface area contributed by atoms with Gasteiger partial charge in [-0.3, -0.25) is 0 Å². The maximum absolute atomic E-state index is 10.8. The minimum atomic E-state index is 0.0136. The Morgan fingerprint density at radius 1 is 1.09 bits per heavy atom. The summed E-state index contributed by atoms with van der Waals surface area (Å²) in [5, 5.41) is 24.0. The highest BCUT2D eigenvalue weighted by Crippen LogP contribution is 2.47. The second-order valence-corrected chi connectivity index (χ2v) is 11.3. The number of quaternary nitrogens is 1. The number of nitrogens with two attached hydrogens (primary N) is 1. The van der Waals surface area contributed by atoms with Crippen molar-refractivity contribution in [3.8, 4) is 11.5 Å². The van der Waals surface area contributed by atoms with E-state index in [9.17, 15) is 10.2 Å². The molecule has 34 heavy (non-hydrogen) atoms. The van der Waals surface area contributed by atoms with Crippen molar-refractivity contribution in [3.05, 3.63) is 46.6 Å². The van der Waals surface area contributed by atoms with Gasteiger partial charge >= 0.3 is 0 Å². The first-order chi connectivity index (χ1) is 16.1. The zero-order chi connectivity index (χ0) is 25.3. The molecule has 0 aromatic heterocycles. The zero-order valence-electron chi connectivity index (χ0n) is 22.9. The third kappa shape index (κ3) is 8.18. The molecular weight excluding hydrogens is 418 g/mol. The molecule has 0 radical (unpaired) electrons. The molecule has 3 heteroatoms. The molecule has 3 rings (SSSR count). The highest BCUT2D eigenvalue weighted by molar-refractivity contribution is 5.56. The van der Waals surface area contributed by atoms with E-state index < -0.39 is 0 Å². The van der Waals surface area contributed by atoms with Crippen LogP contribution in [-0.4, -0.2) is 22.3 Å². The Balaban J connectivity index is 0.000000340. The number of phenolic OH excluding ortho intramolecular Hbond substituents is 2. The lowest BCUT2D eigenvalue weighted by atomic mass is 9.73. The molecule has 0 spiro atoms. The number of phenols is 2. The van der Waals surface area contributed by atoms with Crippen molar-refractivity contribution in [3.63, 3.8) is 0 Å². The summed E-state index contributed by atoms with van der Waals surface area (Å²) >= 11 is 0. The summed E-state index contributed by atoms with van der Waals surface area (Å²) in [6.07, 6.45) is 15.9. The van der Waals surface area contributed by atoms with Gasteiger partial charge in [0.15, 0.2) is 0 Å². The zero-order valence-corrected chi connectivity index (χ0v) is 22.9. The Bertz CT molecular complexity index is 817. The summed E-state index contributed by atoms with van der Waals surface area (Å²) in [5.74, 6) is 0.783. The Labute approximate surface area is 209 Å². The number of rotatable bonds is 8. The first kappa shape index (κ1) is 28.5. The quantitative estimate of drug-likeness (QED) is 0.273. The summed E-state index contributed by atoms with van der Waals surface area (Å²) in [5.41, 5.74) is 5.09. The van der Waals surface area contributed by atoms with Gasteiger partial charge in [-0.25, -0.2) is 0 Å². The largest absolute Gasteiger partial charge is 0.507 e. The van der Waals surface area contributed by atoms with Crippen LogP contribution < -0.4 is 5.32 Å². The predicted octanol–water partition coefficient (Wildman–Crippen LogP) is 7.45. The summed E-state index contributed by atoms with van der Waals surface area (Å²) in [4.78, 5) is 0. The van der Waals surface area contributed by atoms with Crippen LogP contribution in [0.15, 0.2) is 29.9 Å². The topological polar surface area (TPSA) is 57.1 Å². The van der Waals surface area contributed by atoms with Crippen molar-refractivity contribution in [2.24, 2.45) is 5.92 Å². The molecule has 4 N–H and O–H groups in total. The molecule has 3 nitrogen and oxygen atoms in total. The van der Waals surface area contributed by atoms with E-state index in [-0.39, 0.29) is 23.3 Å². The predicted molar refractivity (Wildman–Crippen MR) is 146 cm³/mol. The summed E-state index contributed by atoms with van der Waals surface area (Å²) in [6.45, 7) is 17.0. The summed E-state index contributed by atoms with van der Waals surface area (Å²) < 4.78 is 0. The second kappa shape index (κ2) is 14.0. The molecule has 1 aromatic rings. The number of benzene rings is 1. The number of allylic oxidation sites excluding steroid dienone is 3. The summed E-state index contributed by atoms with van der Waals surface area (Å²) in [6, 6.07) is 3.62. The van der Waals surface area contributed by atoms with Crippen LogP contribution >= 0.6 is 0 Å². The Hall–Kier alpha value is -1.74. The molecule has 1 aromatic carbocycles. The lowest BCUT2D eigenvalue weighted by molar-refractivity contribution is -0.717. The fraction of sp³-hybridized carbons (Fsp3) is 0.677. The van der Waals surface area contributed by atoms with Gasteiger partial charge in [0.25, 0.3) is 0 Å². The van der Waals surface area contributed by atoms with Crippen molar-refractivity contribution in [1.82, 2.24) is 0 Å². The molecule has 0 heterocycles. The molecule has 0 unspecified atom stereocenters. The third-order valence-electron chi connectivity index (χ3n) is 7.75. The van der Waals surface area contributed by atoms with E-state index in [0.717, 1.165) is 54.5 Å². The van der Waals surface area contributed by atoms with Crippen molar-refractivity contribution in [2.45, 2.75) is 130 Å². The smallest absolute Gasteiger partial charge is 0.126 e. The number of aryl methyl sites for hydroxylation is 1. The molecule has 2 aliphatic carbocycles. The number of aromatic hydroxyl groups is 2. The lowest BCUT2D eigenvalue weighted by Gasteiger charge is -2.32. The van der Waals surface area contributed by atoms with Crippen molar-refractivity contribution in [2.75, 3.05) is 0 Å². The van der Waals surface area contributed by atoms with Gasteiger partial charge in [0.2, 0.25) is 0 Å². The van der Waals surface area contributed by atoms with Crippen LogP contribution in [-0.2, 0) is 6.42 Å². The average molecular weight is 471 g/mol. The first-order valence-corrected chi connectivity index (χ1v) is 13.9. The van der Waals surface area contributed by atoms with Gasteiger partial charge in [-0.15, -0.1) is 0 Å². The van der Waals surface area contributed by atoms with E-state index in [0.29, 0.717) is 5.56 Å². The van der Waals surface area contributed by atoms with E-state index >= 15 is 0 Å². The molecule has 0 saturated heterocycles. The van der Waals surface area contributed by atoms with Crippen LogP contribution in [0.25, 0.3) is 0 Å². The molecule has 2 atom stereocenters. The van der Waals surface area contributed by atoms with Crippen molar-refractivity contribution >= 4 is 0 Å². The Morgan fingerprint density at radius 3 is 2.35 bits per heavy atom. The number of hydrogen-bond acceptors (Lipinski definition) is 2. The third-order valence-corrected chi connectivity index (χ3v) is 7.75.